The number of guanidine groups is 1. The summed E-state index contributed by atoms with van der Waals surface area (Å²) in [4.78, 5) is 14.3. The van der Waals surface area contributed by atoms with Gasteiger partial charge in [0.2, 0.25) is 0 Å². The van der Waals surface area contributed by atoms with Gasteiger partial charge in [0.1, 0.15) is 11.6 Å². The number of benzene rings is 1. The van der Waals surface area contributed by atoms with Crippen molar-refractivity contribution in [2.75, 3.05) is 31.6 Å². The molecule has 0 saturated carbocycles. The molecule has 0 atom stereocenters. The molecule has 1 saturated heterocycles. The first-order chi connectivity index (χ1) is 14.2. The van der Waals surface area contributed by atoms with Gasteiger partial charge in [-0.2, -0.15) is 0 Å². The van der Waals surface area contributed by atoms with Crippen LogP contribution in [0.15, 0.2) is 47.7 Å². The second kappa shape index (κ2) is 10.6. The number of aromatic nitrogens is 2. The largest absolute Gasteiger partial charge is 0.361 e. The standard InChI is InChI=1S/C22H27FN6.HI/c1-24-22(26-9-7-17-15-27-20-5-4-18(23)13-19(17)20)28-14-16-6-8-25-21(12-16)29-10-2-3-11-29;/h4-6,8,12-13,15,27H,2-3,7,9-11,14H2,1H3,(H2,24,26,28);1H. The number of hydrogen-bond donors (Lipinski definition) is 3. The number of H-pyrrole nitrogens is 1. The van der Waals surface area contributed by atoms with Crippen LogP contribution in [0.5, 0.6) is 0 Å². The maximum absolute atomic E-state index is 13.5. The molecule has 3 N–H and O–H groups in total. The van der Waals surface area contributed by atoms with Gasteiger partial charge in [-0.05, 0) is 60.7 Å². The average molecular weight is 522 g/mol. The van der Waals surface area contributed by atoms with Crippen molar-refractivity contribution in [3.8, 4) is 0 Å². The van der Waals surface area contributed by atoms with Crippen molar-refractivity contribution in [3.63, 3.8) is 0 Å². The predicted octanol–water partition coefficient (Wildman–Crippen LogP) is 3.83. The maximum atomic E-state index is 13.5. The molecule has 3 heterocycles. The van der Waals surface area contributed by atoms with E-state index in [0.29, 0.717) is 13.1 Å². The van der Waals surface area contributed by atoms with Crippen LogP contribution in [0.1, 0.15) is 24.0 Å². The second-order valence-electron chi connectivity index (χ2n) is 7.32. The van der Waals surface area contributed by atoms with Gasteiger partial charge >= 0.3 is 0 Å². The molecule has 0 aliphatic carbocycles. The Labute approximate surface area is 193 Å². The Morgan fingerprint density at radius 3 is 2.83 bits per heavy atom. The number of nitrogens with zero attached hydrogens (tertiary/aromatic N) is 3. The Kier molecular flexibility index (Phi) is 7.89. The quantitative estimate of drug-likeness (QED) is 0.262. The Morgan fingerprint density at radius 1 is 1.20 bits per heavy atom. The van der Waals surface area contributed by atoms with E-state index in [9.17, 15) is 4.39 Å². The molecular formula is C22H28FIN6. The third-order valence-electron chi connectivity index (χ3n) is 5.34. The Bertz CT molecular complexity index is 996. The van der Waals surface area contributed by atoms with Crippen LogP contribution in [-0.2, 0) is 13.0 Å². The van der Waals surface area contributed by atoms with Crippen molar-refractivity contribution >= 4 is 46.7 Å². The van der Waals surface area contributed by atoms with Gasteiger partial charge in [-0.3, -0.25) is 4.99 Å². The lowest BCUT2D eigenvalue weighted by molar-refractivity contribution is 0.629. The van der Waals surface area contributed by atoms with Crippen LogP contribution in [0.3, 0.4) is 0 Å². The van der Waals surface area contributed by atoms with Gasteiger partial charge in [0, 0.05) is 56.5 Å². The molecule has 0 unspecified atom stereocenters. The number of fused-ring (bicyclic) bond motifs is 1. The van der Waals surface area contributed by atoms with Crippen LogP contribution in [-0.4, -0.2) is 42.6 Å². The molecule has 8 heteroatoms. The highest BCUT2D eigenvalue weighted by atomic mass is 127. The van der Waals surface area contributed by atoms with Gasteiger partial charge in [0.05, 0.1) is 0 Å². The monoisotopic (exact) mass is 522 g/mol. The van der Waals surface area contributed by atoms with E-state index in [2.05, 4.69) is 36.6 Å². The van der Waals surface area contributed by atoms with Crippen LogP contribution >= 0.6 is 24.0 Å². The first-order valence-electron chi connectivity index (χ1n) is 10.1. The van der Waals surface area contributed by atoms with Gasteiger partial charge in [-0.25, -0.2) is 9.37 Å². The lowest BCUT2D eigenvalue weighted by Gasteiger charge is -2.17. The van der Waals surface area contributed by atoms with Gasteiger partial charge < -0.3 is 20.5 Å². The summed E-state index contributed by atoms with van der Waals surface area (Å²) in [6.07, 6.45) is 7.07. The first kappa shape index (κ1) is 22.3. The molecular weight excluding hydrogens is 494 g/mol. The zero-order valence-electron chi connectivity index (χ0n) is 17.1. The number of pyridine rings is 1. The number of aromatic amines is 1. The van der Waals surface area contributed by atoms with Crippen LogP contribution in [0, 0.1) is 5.82 Å². The number of nitrogens with one attached hydrogen (secondary N) is 3. The zero-order chi connectivity index (χ0) is 20.1. The Balaban J connectivity index is 0.00000256. The molecule has 0 radical (unpaired) electrons. The SMILES string of the molecule is CN=C(NCCc1c[nH]c2ccc(F)cc12)NCc1ccnc(N2CCCC2)c1.I. The van der Waals surface area contributed by atoms with E-state index >= 15 is 0 Å². The molecule has 6 nitrogen and oxygen atoms in total. The lowest BCUT2D eigenvalue weighted by atomic mass is 10.1. The highest BCUT2D eigenvalue weighted by Crippen LogP contribution is 2.20. The maximum Gasteiger partial charge on any atom is 0.191 e. The highest BCUT2D eigenvalue weighted by Gasteiger charge is 2.13. The van der Waals surface area contributed by atoms with E-state index in [4.69, 9.17) is 0 Å². The minimum atomic E-state index is -0.213. The molecule has 1 aromatic carbocycles. The first-order valence-corrected chi connectivity index (χ1v) is 10.1. The Hall–Kier alpha value is -2.36. The summed E-state index contributed by atoms with van der Waals surface area (Å²) in [5.41, 5.74) is 3.22. The van der Waals surface area contributed by atoms with Crippen molar-refractivity contribution in [3.05, 3.63) is 59.7 Å². The van der Waals surface area contributed by atoms with Crippen LogP contribution in [0.4, 0.5) is 10.2 Å². The number of hydrogen-bond acceptors (Lipinski definition) is 3. The van der Waals surface area contributed by atoms with Crippen molar-refractivity contribution in [2.24, 2.45) is 4.99 Å². The number of aliphatic imine (C=N–C) groups is 1. The molecule has 2 aromatic heterocycles. The summed E-state index contributed by atoms with van der Waals surface area (Å²) < 4.78 is 13.5. The smallest absolute Gasteiger partial charge is 0.191 e. The van der Waals surface area contributed by atoms with Crippen LogP contribution in [0.25, 0.3) is 10.9 Å². The fourth-order valence-corrected chi connectivity index (χ4v) is 3.77. The third kappa shape index (κ3) is 5.41. The average Bonchev–Trinajstić information content (AvgIpc) is 3.41. The van der Waals surface area contributed by atoms with E-state index < -0.39 is 0 Å². The minimum Gasteiger partial charge on any atom is -0.361 e. The summed E-state index contributed by atoms with van der Waals surface area (Å²) in [6, 6.07) is 9.00. The zero-order valence-corrected chi connectivity index (χ0v) is 19.4. The summed E-state index contributed by atoms with van der Waals surface area (Å²) in [5.74, 6) is 1.58. The highest BCUT2D eigenvalue weighted by molar-refractivity contribution is 14.0. The van der Waals surface area contributed by atoms with Crippen molar-refractivity contribution in [1.82, 2.24) is 20.6 Å². The number of anilines is 1. The van der Waals surface area contributed by atoms with Crippen LogP contribution < -0.4 is 15.5 Å². The van der Waals surface area contributed by atoms with E-state index in [1.807, 2.05) is 18.5 Å². The molecule has 1 aliphatic rings. The molecule has 160 valence electrons. The molecule has 30 heavy (non-hydrogen) atoms. The molecule has 3 aromatic rings. The van der Waals surface area contributed by atoms with E-state index in [0.717, 1.165) is 47.8 Å². The van der Waals surface area contributed by atoms with Gasteiger partial charge in [0.25, 0.3) is 0 Å². The molecule has 0 spiro atoms. The summed E-state index contributed by atoms with van der Waals surface area (Å²) in [7, 11) is 1.76. The minimum absolute atomic E-state index is 0. The fraction of sp³-hybridized carbons (Fsp3) is 0.364. The van der Waals surface area contributed by atoms with Gasteiger partial charge in [0.15, 0.2) is 5.96 Å². The molecule has 1 fully saturated rings. The van der Waals surface area contributed by atoms with Gasteiger partial charge in [-0.1, -0.05) is 0 Å². The molecule has 0 amide bonds. The lowest BCUT2D eigenvalue weighted by Crippen LogP contribution is -2.37. The summed E-state index contributed by atoms with van der Waals surface area (Å²) in [5, 5.41) is 7.62. The molecule has 1 aliphatic heterocycles. The normalized spacial score (nSPS) is 14.1. The van der Waals surface area contributed by atoms with Crippen molar-refractivity contribution in [2.45, 2.75) is 25.8 Å². The topological polar surface area (TPSA) is 68.3 Å². The van der Waals surface area contributed by atoms with E-state index in [1.54, 1.807) is 19.2 Å². The third-order valence-corrected chi connectivity index (χ3v) is 5.34. The Morgan fingerprint density at radius 2 is 2.03 bits per heavy atom. The number of rotatable bonds is 6. The second-order valence-corrected chi connectivity index (χ2v) is 7.32. The van der Waals surface area contributed by atoms with Crippen molar-refractivity contribution < 1.29 is 4.39 Å². The summed E-state index contributed by atoms with van der Waals surface area (Å²) >= 11 is 0. The predicted molar refractivity (Wildman–Crippen MR) is 131 cm³/mol. The van der Waals surface area contributed by atoms with Crippen molar-refractivity contribution in [1.29, 1.82) is 0 Å². The summed E-state index contributed by atoms with van der Waals surface area (Å²) in [6.45, 7) is 3.57. The van der Waals surface area contributed by atoms with E-state index in [1.165, 1.54) is 24.5 Å². The van der Waals surface area contributed by atoms with Crippen LogP contribution in [0.2, 0.25) is 0 Å². The number of halogens is 2. The van der Waals surface area contributed by atoms with Gasteiger partial charge in [-0.15, -0.1) is 24.0 Å². The van der Waals surface area contributed by atoms with E-state index in [-0.39, 0.29) is 29.8 Å². The fourth-order valence-electron chi connectivity index (χ4n) is 3.77. The molecule has 0 bridgehead atoms. The molecule has 4 rings (SSSR count).